The van der Waals surface area contributed by atoms with Gasteiger partial charge >= 0.3 is 6.61 Å². The number of benzene rings is 2. The van der Waals surface area contributed by atoms with Crippen molar-refractivity contribution in [3.63, 3.8) is 0 Å². The molecule has 136 valence electrons. The molecule has 0 aliphatic rings. The zero-order valence-electron chi connectivity index (χ0n) is 14.4. The van der Waals surface area contributed by atoms with Crippen molar-refractivity contribution in [2.75, 3.05) is 5.32 Å². The molecular weight excluding hydrogens is 340 g/mol. The second kappa shape index (κ2) is 7.51. The number of alkyl halides is 2. The summed E-state index contributed by atoms with van der Waals surface area (Å²) in [4.78, 5) is 17.2. The van der Waals surface area contributed by atoms with Gasteiger partial charge in [-0.15, -0.1) is 0 Å². The number of anilines is 1. The fourth-order valence-corrected chi connectivity index (χ4v) is 2.89. The predicted octanol–water partition coefficient (Wildman–Crippen LogP) is 4.47. The second-order valence-electron chi connectivity index (χ2n) is 6.22. The molecule has 3 aromatic rings. The summed E-state index contributed by atoms with van der Waals surface area (Å²) in [6, 6.07) is 13.0. The van der Waals surface area contributed by atoms with Crippen molar-refractivity contribution in [2.24, 2.45) is 5.92 Å². The predicted molar refractivity (Wildman–Crippen MR) is 95.3 cm³/mol. The molecule has 1 heterocycles. The maximum atomic E-state index is 12.8. The molecule has 1 unspecified atom stereocenters. The smallest absolute Gasteiger partial charge is 0.387 e. The molecule has 1 atom stereocenters. The van der Waals surface area contributed by atoms with Gasteiger partial charge in [0.15, 0.2) is 0 Å². The number of carbonyl (C=O) groups excluding carboxylic acids is 1. The van der Waals surface area contributed by atoms with Crippen molar-refractivity contribution in [2.45, 2.75) is 26.5 Å². The number of hydrogen-bond donors (Lipinski definition) is 1. The van der Waals surface area contributed by atoms with Gasteiger partial charge in [-0.25, -0.2) is 4.98 Å². The number of hydrogen-bond acceptors (Lipinski definition) is 3. The third kappa shape index (κ3) is 3.82. The minimum absolute atomic E-state index is 0.0223. The normalized spacial score (nSPS) is 12.5. The number of para-hydroxylation sites is 2. The monoisotopic (exact) mass is 359 g/mol. The summed E-state index contributed by atoms with van der Waals surface area (Å²) >= 11 is 0. The SMILES string of the molecule is CC(C)C(C(=O)Nc1ccc(OC(F)F)cc1)n1cnc2ccccc21. The molecule has 1 N–H and O–H groups in total. The third-order valence-electron chi connectivity index (χ3n) is 4.03. The third-order valence-corrected chi connectivity index (χ3v) is 4.03. The number of nitrogens with zero attached hydrogens (tertiary/aromatic N) is 2. The van der Waals surface area contributed by atoms with E-state index in [1.807, 2.05) is 42.7 Å². The Morgan fingerprint density at radius 1 is 1.12 bits per heavy atom. The Bertz CT molecular complexity index is 891. The van der Waals surface area contributed by atoms with Crippen LogP contribution in [0.2, 0.25) is 0 Å². The lowest BCUT2D eigenvalue weighted by Gasteiger charge is -2.22. The van der Waals surface area contributed by atoms with Gasteiger partial charge < -0.3 is 14.6 Å². The van der Waals surface area contributed by atoms with E-state index in [1.165, 1.54) is 24.3 Å². The van der Waals surface area contributed by atoms with Crippen molar-refractivity contribution in [1.29, 1.82) is 0 Å². The number of ether oxygens (including phenoxy) is 1. The van der Waals surface area contributed by atoms with Crippen LogP contribution in [0.25, 0.3) is 11.0 Å². The van der Waals surface area contributed by atoms with Crippen molar-refractivity contribution in [3.8, 4) is 5.75 Å². The molecule has 1 amide bonds. The Labute approximate surface area is 149 Å². The first-order valence-electron chi connectivity index (χ1n) is 8.23. The molecule has 0 radical (unpaired) electrons. The van der Waals surface area contributed by atoms with E-state index in [0.717, 1.165) is 11.0 Å². The highest BCUT2D eigenvalue weighted by molar-refractivity contribution is 5.95. The van der Waals surface area contributed by atoms with Gasteiger partial charge in [0.2, 0.25) is 5.91 Å². The fourth-order valence-electron chi connectivity index (χ4n) is 2.89. The van der Waals surface area contributed by atoms with Gasteiger partial charge in [0.05, 0.1) is 17.4 Å². The highest BCUT2D eigenvalue weighted by Crippen LogP contribution is 2.26. The number of halogens is 2. The second-order valence-corrected chi connectivity index (χ2v) is 6.22. The molecule has 0 fully saturated rings. The van der Waals surface area contributed by atoms with E-state index in [1.54, 1.807) is 6.33 Å². The summed E-state index contributed by atoms with van der Waals surface area (Å²) < 4.78 is 30.6. The largest absolute Gasteiger partial charge is 0.435 e. The topological polar surface area (TPSA) is 56.1 Å². The van der Waals surface area contributed by atoms with Crippen LogP contribution in [-0.2, 0) is 4.79 Å². The highest BCUT2D eigenvalue weighted by Gasteiger charge is 2.25. The molecule has 0 aliphatic carbocycles. The van der Waals surface area contributed by atoms with Crippen molar-refractivity contribution in [3.05, 3.63) is 54.9 Å². The Morgan fingerprint density at radius 2 is 1.81 bits per heavy atom. The quantitative estimate of drug-likeness (QED) is 0.706. The van der Waals surface area contributed by atoms with Gasteiger partial charge in [-0.1, -0.05) is 26.0 Å². The summed E-state index contributed by atoms with van der Waals surface area (Å²) in [5, 5.41) is 2.83. The zero-order valence-corrected chi connectivity index (χ0v) is 14.4. The lowest BCUT2D eigenvalue weighted by Crippen LogP contribution is -2.29. The van der Waals surface area contributed by atoms with E-state index < -0.39 is 12.7 Å². The van der Waals surface area contributed by atoms with Crippen LogP contribution in [0.5, 0.6) is 5.75 Å². The van der Waals surface area contributed by atoms with Crippen molar-refractivity contribution < 1.29 is 18.3 Å². The summed E-state index contributed by atoms with van der Waals surface area (Å²) in [5.41, 5.74) is 2.20. The van der Waals surface area contributed by atoms with Gasteiger partial charge in [-0.05, 0) is 42.3 Å². The van der Waals surface area contributed by atoms with Crippen LogP contribution < -0.4 is 10.1 Å². The van der Waals surface area contributed by atoms with Crippen LogP contribution >= 0.6 is 0 Å². The summed E-state index contributed by atoms with van der Waals surface area (Å²) in [7, 11) is 0. The van der Waals surface area contributed by atoms with E-state index in [9.17, 15) is 13.6 Å². The lowest BCUT2D eigenvalue weighted by atomic mass is 10.0. The van der Waals surface area contributed by atoms with Gasteiger partial charge in [-0.3, -0.25) is 4.79 Å². The number of aromatic nitrogens is 2. The Balaban J connectivity index is 1.81. The number of amides is 1. The first kappa shape index (κ1) is 17.8. The Kier molecular flexibility index (Phi) is 5.16. The van der Waals surface area contributed by atoms with Crippen LogP contribution in [0.4, 0.5) is 14.5 Å². The summed E-state index contributed by atoms with van der Waals surface area (Å²) in [5.74, 6) is -0.140. The maximum Gasteiger partial charge on any atom is 0.387 e. The van der Waals surface area contributed by atoms with E-state index in [2.05, 4.69) is 15.0 Å². The molecular formula is C19H19F2N3O2. The molecule has 0 saturated heterocycles. The number of rotatable bonds is 6. The summed E-state index contributed by atoms with van der Waals surface area (Å²) in [6.45, 7) is 1.03. The molecule has 1 aromatic heterocycles. The average Bonchev–Trinajstić information content (AvgIpc) is 3.00. The van der Waals surface area contributed by atoms with Crippen LogP contribution in [0.1, 0.15) is 19.9 Å². The molecule has 5 nitrogen and oxygen atoms in total. The average molecular weight is 359 g/mol. The van der Waals surface area contributed by atoms with Crippen LogP contribution in [0, 0.1) is 5.92 Å². The molecule has 0 aliphatic heterocycles. The maximum absolute atomic E-state index is 12.8. The lowest BCUT2D eigenvalue weighted by molar-refractivity contribution is -0.120. The molecule has 26 heavy (non-hydrogen) atoms. The molecule has 0 saturated carbocycles. The first-order valence-corrected chi connectivity index (χ1v) is 8.23. The van der Waals surface area contributed by atoms with Crippen molar-refractivity contribution >= 4 is 22.6 Å². The Hall–Kier alpha value is -2.96. The van der Waals surface area contributed by atoms with Crippen molar-refractivity contribution in [1.82, 2.24) is 9.55 Å². The highest BCUT2D eigenvalue weighted by atomic mass is 19.3. The number of carbonyl (C=O) groups is 1. The standard InChI is InChI=1S/C19H19F2N3O2/c1-12(2)17(24-11-22-15-5-3-4-6-16(15)24)18(25)23-13-7-9-14(10-8-13)26-19(20)21/h3-12,17,19H,1-2H3,(H,23,25). The molecule has 0 bridgehead atoms. The summed E-state index contributed by atoms with van der Waals surface area (Å²) in [6.07, 6.45) is 1.66. The van der Waals surface area contributed by atoms with E-state index in [4.69, 9.17) is 0 Å². The number of nitrogens with one attached hydrogen (secondary N) is 1. The van der Waals surface area contributed by atoms with Gasteiger partial charge in [0.25, 0.3) is 0 Å². The van der Waals surface area contributed by atoms with Gasteiger partial charge in [0.1, 0.15) is 11.8 Å². The minimum Gasteiger partial charge on any atom is -0.435 e. The molecule has 0 spiro atoms. The molecule has 2 aromatic carbocycles. The molecule has 7 heteroatoms. The zero-order chi connectivity index (χ0) is 18.7. The van der Waals surface area contributed by atoms with Crippen LogP contribution in [-0.4, -0.2) is 22.1 Å². The van der Waals surface area contributed by atoms with E-state index >= 15 is 0 Å². The van der Waals surface area contributed by atoms with Crippen LogP contribution in [0.3, 0.4) is 0 Å². The number of fused-ring (bicyclic) bond motifs is 1. The van der Waals surface area contributed by atoms with E-state index in [-0.39, 0.29) is 17.6 Å². The molecule has 3 rings (SSSR count). The minimum atomic E-state index is -2.88. The van der Waals surface area contributed by atoms with E-state index in [0.29, 0.717) is 5.69 Å². The fraction of sp³-hybridized carbons (Fsp3) is 0.263. The van der Waals surface area contributed by atoms with Gasteiger partial charge in [0, 0.05) is 5.69 Å². The number of imidazole rings is 1. The van der Waals surface area contributed by atoms with Crippen LogP contribution in [0.15, 0.2) is 54.9 Å². The first-order chi connectivity index (χ1) is 12.5. The van der Waals surface area contributed by atoms with Gasteiger partial charge in [-0.2, -0.15) is 8.78 Å². The Morgan fingerprint density at radius 3 is 2.46 bits per heavy atom.